The molecule has 3 heteroatoms. The van der Waals surface area contributed by atoms with Gasteiger partial charge in [-0.05, 0) is 25.2 Å². The molecule has 0 heterocycles. The first kappa shape index (κ1) is 10.5. The van der Waals surface area contributed by atoms with Crippen LogP contribution in [0.25, 0.3) is 0 Å². The molecule has 1 unspecified atom stereocenters. The monoisotopic (exact) mass is 185 g/mol. The highest BCUT2D eigenvalue weighted by Gasteiger charge is 2.29. The number of methoxy groups -OCH3 is 1. The van der Waals surface area contributed by atoms with Crippen LogP contribution >= 0.6 is 0 Å². The van der Waals surface area contributed by atoms with E-state index in [1.807, 2.05) is 0 Å². The first-order valence-electron chi connectivity index (χ1n) is 4.97. The molecule has 1 atom stereocenters. The largest absolute Gasteiger partial charge is 0.468 e. The Kier molecular flexibility index (Phi) is 3.72. The Morgan fingerprint density at radius 1 is 1.54 bits per heavy atom. The topological polar surface area (TPSA) is 38.3 Å². The van der Waals surface area contributed by atoms with Crippen LogP contribution < -0.4 is 5.32 Å². The van der Waals surface area contributed by atoms with E-state index in [9.17, 15) is 4.79 Å². The van der Waals surface area contributed by atoms with Crippen molar-refractivity contribution >= 4 is 5.97 Å². The molecule has 3 nitrogen and oxygen atoms in total. The van der Waals surface area contributed by atoms with Crippen LogP contribution in [0.15, 0.2) is 0 Å². The third-order valence-electron chi connectivity index (χ3n) is 2.21. The van der Waals surface area contributed by atoms with Crippen LogP contribution in [-0.2, 0) is 9.53 Å². The maximum atomic E-state index is 11.3. The van der Waals surface area contributed by atoms with Gasteiger partial charge in [-0.15, -0.1) is 0 Å². The molecule has 0 aromatic heterocycles. The van der Waals surface area contributed by atoms with Crippen molar-refractivity contribution in [2.75, 3.05) is 7.11 Å². The molecule has 1 N–H and O–H groups in total. The van der Waals surface area contributed by atoms with Gasteiger partial charge < -0.3 is 10.1 Å². The quantitative estimate of drug-likeness (QED) is 0.657. The third-order valence-corrected chi connectivity index (χ3v) is 2.21. The fraction of sp³-hybridized carbons (Fsp3) is 0.900. The highest BCUT2D eigenvalue weighted by Crippen LogP contribution is 2.21. The third kappa shape index (κ3) is 3.77. The minimum atomic E-state index is -0.124. The van der Waals surface area contributed by atoms with Crippen molar-refractivity contribution in [2.24, 2.45) is 5.92 Å². The van der Waals surface area contributed by atoms with Crippen molar-refractivity contribution in [2.45, 2.75) is 45.2 Å². The summed E-state index contributed by atoms with van der Waals surface area (Å²) in [6.45, 7) is 4.23. The average molecular weight is 185 g/mol. The maximum absolute atomic E-state index is 11.3. The fourth-order valence-corrected chi connectivity index (χ4v) is 1.38. The number of ether oxygens (including phenoxy) is 1. The Balaban J connectivity index is 2.36. The zero-order valence-corrected chi connectivity index (χ0v) is 8.67. The van der Waals surface area contributed by atoms with Gasteiger partial charge in [0.2, 0.25) is 0 Å². The molecule has 1 saturated carbocycles. The predicted molar refractivity (Wildman–Crippen MR) is 51.4 cm³/mol. The number of rotatable bonds is 5. The van der Waals surface area contributed by atoms with Gasteiger partial charge in [0.05, 0.1) is 7.11 Å². The van der Waals surface area contributed by atoms with Gasteiger partial charge in [-0.3, -0.25) is 4.79 Å². The Morgan fingerprint density at radius 3 is 2.54 bits per heavy atom. The lowest BCUT2D eigenvalue weighted by atomic mass is 10.0. The Labute approximate surface area is 79.8 Å². The molecule has 0 aromatic rings. The maximum Gasteiger partial charge on any atom is 0.322 e. The molecule has 76 valence electrons. The van der Waals surface area contributed by atoms with E-state index in [1.165, 1.54) is 20.0 Å². The lowest BCUT2D eigenvalue weighted by molar-refractivity contribution is -0.143. The van der Waals surface area contributed by atoms with Crippen LogP contribution in [0.2, 0.25) is 0 Å². The molecule has 13 heavy (non-hydrogen) atoms. The van der Waals surface area contributed by atoms with Crippen LogP contribution in [0.4, 0.5) is 0 Å². The fourth-order valence-electron chi connectivity index (χ4n) is 1.38. The second-order valence-electron chi connectivity index (χ2n) is 4.15. The molecule has 0 saturated heterocycles. The number of hydrogen-bond acceptors (Lipinski definition) is 3. The van der Waals surface area contributed by atoms with E-state index < -0.39 is 0 Å². The number of carbonyl (C=O) groups is 1. The molecule has 1 aliphatic carbocycles. The summed E-state index contributed by atoms with van der Waals surface area (Å²) in [7, 11) is 1.45. The highest BCUT2D eigenvalue weighted by molar-refractivity contribution is 5.75. The van der Waals surface area contributed by atoms with Crippen LogP contribution in [-0.4, -0.2) is 25.2 Å². The van der Waals surface area contributed by atoms with Crippen molar-refractivity contribution < 1.29 is 9.53 Å². The molecule has 0 aromatic carbocycles. The minimum absolute atomic E-state index is 0.0995. The Hall–Kier alpha value is -0.570. The van der Waals surface area contributed by atoms with Gasteiger partial charge in [0, 0.05) is 6.04 Å². The van der Waals surface area contributed by atoms with Crippen molar-refractivity contribution in [3.8, 4) is 0 Å². The molecule has 0 spiro atoms. The lowest BCUT2D eigenvalue weighted by Gasteiger charge is -2.17. The predicted octanol–water partition coefficient (Wildman–Crippen LogP) is 1.33. The normalized spacial score (nSPS) is 18.8. The van der Waals surface area contributed by atoms with Gasteiger partial charge in [-0.25, -0.2) is 0 Å². The molecule has 1 rings (SSSR count). The van der Waals surface area contributed by atoms with Crippen LogP contribution in [0, 0.1) is 5.92 Å². The van der Waals surface area contributed by atoms with Crippen molar-refractivity contribution in [3.63, 3.8) is 0 Å². The molecule has 0 radical (unpaired) electrons. The number of nitrogens with one attached hydrogen (secondary N) is 1. The van der Waals surface area contributed by atoms with Crippen LogP contribution in [0.1, 0.15) is 33.1 Å². The molecule has 1 fully saturated rings. The van der Waals surface area contributed by atoms with Crippen LogP contribution in [0.3, 0.4) is 0 Å². The molecule has 1 aliphatic rings. The van der Waals surface area contributed by atoms with E-state index in [1.54, 1.807) is 0 Å². The van der Waals surface area contributed by atoms with E-state index in [2.05, 4.69) is 19.2 Å². The van der Waals surface area contributed by atoms with E-state index >= 15 is 0 Å². The summed E-state index contributed by atoms with van der Waals surface area (Å²) in [5.41, 5.74) is 0. The van der Waals surface area contributed by atoms with E-state index in [-0.39, 0.29) is 12.0 Å². The van der Waals surface area contributed by atoms with Gasteiger partial charge >= 0.3 is 5.97 Å². The standard InChI is InChI=1S/C10H19NO2/c1-7(2)6-9(10(12)13-3)11-8-4-5-8/h7-9,11H,4-6H2,1-3H3. The second kappa shape index (κ2) is 4.61. The van der Waals surface area contributed by atoms with Gasteiger partial charge in [0.25, 0.3) is 0 Å². The van der Waals surface area contributed by atoms with E-state index in [0.29, 0.717) is 12.0 Å². The summed E-state index contributed by atoms with van der Waals surface area (Å²) >= 11 is 0. The summed E-state index contributed by atoms with van der Waals surface area (Å²) in [5, 5.41) is 3.30. The van der Waals surface area contributed by atoms with E-state index in [4.69, 9.17) is 4.74 Å². The summed E-state index contributed by atoms with van der Waals surface area (Å²) in [4.78, 5) is 11.3. The van der Waals surface area contributed by atoms with Gasteiger partial charge in [-0.2, -0.15) is 0 Å². The summed E-state index contributed by atoms with van der Waals surface area (Å²) in [5.74, 6) is 0.399. The first-order valence-corrected chi connectivity index (χ1v) is 4.97. The second-order valence-corrected chi connectivity index (χ2v) is 4.15. The van der Waals surface area contributed by atoms with Gasteiger partial charge in [0.1, 0.15) is 6.04 Å². The summed E-state index contributed by atoms with van der Waals surface area (Å²) in [6.07, 6.45) is 3.26. The molecular formula is C10H19NO2. The number of hydrogen-bond donors (Lipinski definition) is 1. The SMILES string of the molecule is COC(=O)C(CC(C)C)NC1CC1. The van der Waals surface area contributed by atoms with Crippen molar-refractivity contribution in [1.82, 2.24) is 5.32 Å². The van der Waals surface area contributed by atoms with Crippen molar-refractivity contribution in [1.29, 1.82) is 0 Å². The van der Waals surface area contributed by atoms with Crippen molar-refractivity contribution in [3.05, 3.63) is 0 Å². The lowest BCUT2D eigenvalue weighted by Crippen LogP contribution is -2.39. The van der Waals surface area contributed by atoms with Gasteiger partial charge in [0.15, 0.2) is 0 Å². The van der Waals surface area contributed by atoms with Gasteiger partial charge in [-0.1, -0.05) is 13.8 Å². The minimum Gasteiger partial charge on any atom is -0.468 e. The Morgan fingerprint density at radius 2 is 2.15 bits per heavy atom. The molecule has 0 aliphatic heterocycles. The first-order chi connectivity index (χ1) is 6.13. The zero-order valence-electron chi connectivity index (χ0n) is 8.67. The molecule has 0 amide bonds. The Bertz CT molecular complexity index is 172. The molecule has 0 bridgehead atoms. The van der Waals surface area contributed by atoms with E-state index in [0.717, 1.165) is 6.42 Å². The van der Waals surface area contributed by atoms with Crippen LogP contribution in [0.5, 0.6) is 0 Å². The zero-order chi connectivity index (χ0) is 9.84. The smallest absolute Gasteiger partial charge is 0.322 e. The highest BCUT2D eigenvalue weighted by atomic mass is 16.5. The molecular weight excluding hydrogens is 166 g/mol. The summed E-state index contributed by atoms with van der Waals surface area (Å²) in [6, 6.07) is 0.459. The number of carbonyl (C=O) groups excluding carboxylic acids is 1. The average Bonchev–Trinajstić information content (AvgIpc) is 2.85. The summed E-state index contributed by atoms with van der Waals surface area (Å²) < 4.78 is 4.74. The number of esters is 1.